The molecule has 1 aromatic carbocycles. The number of nitrogens with zero attached hydrogens (tertiary/aromatic N) is 1. The summed E-state index contributed by atoms with van der Waals surface area (Å²) < 4.78 is 15.5. The van der Waals surface area contributed by atoms with Crippen LogP contribution in [0.3, 0.4) is 0 Å². The van der Waals surface area contributed by atoms with Crippen LogP contribution in [-0.2, 0) is 0 Å². The molecule has 1 N–H and O–H groups in total. The Morgan fingerprint density at radius 3 is 3.00 bits per heavy atom. The van der Waals surface area contributed by atoms with Gasteiger partial charge in [-0.15, -0.1) is 0 Å². The zero-order chi connectivity index (χ0) is 14.5. The fraction of sp³-hybridized carbons (Fsp3) is 0.0667. The summed E-state index contributed by atoms with van der Waals surface area (Å²) in [6, 6.07) is 8.56. The summed E-state index contributed by atoms with van der Waals surface area (Å²) in [5, 5.41) is 3.82. The number of fused-ring (bicyclic) bond motifs is 1. The Kier molecular flexibility index (Phi) is 3.68. The van der Waals surface area contributed by atoms with Crippen molar-refractivity contribution in [2.45, 2.75) is 0 Å². The molecule has 0 aliphatic carbocycles. The van der Waals surface area contributed by atoms with Crippen LogP contribution in [0, 0.1) is 0 Å². The van der Waals surface area contributed by atoms with E-state index in [-0.39, 0.29) is 12.7 Å². The molecule has 2 heterocycles. The lowest BCUT2D eigenvalue weighted by Crippen LogP contribution is -2.17. The van der Waals surface area contributed by atoms with E-state index in [0.29, 0.717) is 22.8 Å². The van der Waals surface area contributed by atoms with Crippen LogP contribution in [0.25, 0.3) is 6.08 Å². The monoisotopic (exact) mass is 284 g/mol. The third kappa shape index (κ3) is 3.11. The summed E-state index contributed by atoms with van der Waals surface area (Å²) in [6.45, 7) is 0.177. The van der Waals surface area contributed by atoms with Crippen LogP contribution >= 0.6 is 0 Å². The number of nitrogens with one attached hydrogen (secondary N) is 1. The molecular weight excluding hydrogens is 272 g/mol. The zero-order valence-corrected chi connectivity index (χ0v) is 11.0. The molecule has 0 bridgehead atoms. The number of carbonyl (C=O) groups excluding carboxylic acids is 1. The Labute approximate surface area is 120 Å². The minimum absolute atomic E-state index is 0.177. The lowest BCUT2D eigenvalue weighted by molar-refractivity contribution is 0.0954. The molecule has 1 amide bonds. The Hall–Kier alpha value is -3.02. The van der Waals surface area contributed by atoms with Gasteiger partial charge in [-0.2, -0.15) is 5.10 Å². The highest BCUT2D eigenvalue weighted by molar-refractivity contribution is 5.95. The van der Waals surface area contributed by atoms with Crippen molar-refractivity contribution in [3.8, 4) is 11.5 Å². The second kappa shape index (κ2) is 5.96. The molecule has 0 saturated heterocycles. The van der Waals surface area contributed by atoms with Gasteiger partial charge in [0.2, 0.25) is 6.79 Å². The molecule has 0 radical (unpaired) electrons. The number of hydrazone groups is 1. The fourth-order valence-electron chi connectivity index (χ4n) is 1.77. The first-order valence-corrected chi connectivity index (χ1v) is 6.26. The number of furan rings is 1. The Bertz CT molecular complexity index is 690. The normalized spacial score (nSPS) is 13.1. The van der Waals surface area contributed by atoms with Crippen LogP contribution in [-0.4, -0.2) is 18.9 Å². The zero-order valence-electron chi connectivity index (χ0n) is 11.0. The largest absolute Gasteiger partial charge is 0.465 e. The first-order chi connectivity index (χ1) is 10.3. The number of allylic oxidation sites excluding steroid dienone is 1. The number of hydrogen-bond donors (Lipinski definition) is 1. The third-order valence-electron chi connectivity index (χ3n) is 2.77. The Morgan fingerprint density at radius 2 is 2.14 bits per heavy atom. The van der Waals surface area contributed by atoms with Crippen LogP contribution in [0.4, 0.5) is 0 Å². The van der Waals surface area contributed by atoms with Gasteiger partial charge in [0.05, 0.1) is 6.26 Å². The predicted octanol–water partition coefficient (Wildman–Crippen LogP) is 2.44. The number of amides is 1. The first-order valence-electron chi connectivity index (χ1n) is 6.26. The topological polar surface area (TPSA) is 73.1 Å². The number of carbonyl (C=O) groups is 1. The molecule has 1 aromatic heterocycles. The summed E-state index contributed by atoms with van der Waals surface area (Å²) in [4.78, 5) is 11.9. The molecule has 0 unspecified atom stereocenters. The van der Waals surface area contributed by atoms with E-state index in [1.807, 2.05) is 6.07 Å². The van der Waals surface area contributed by atoms with E-state index in [2.05, 4.69) is 10.5 Å². The summed E-state index contributed by atoms with van der Waals surface area (Å²) >= 11 is 0. The van der Waals surface area contributed by atoms with Gasteiger partial charge in [0.1, 0.15) is 5.76 Å². The molecule has 1 aliphatic heterocycles. The van der Waals surface area contributed by atoms with Crippen molar-refractivity contribution in [3.05, 3.63) is 54.0 Å². The number of rotatable bonds is 4. The molecular formula is C15H12N2O4. The molecule has 0 saturated carbocycles. The molecule has 0 spiro atoms. The van der Waals surface area contributed by atoms with Crippen molar-refractivity contribution in [2.75, 3.05) is 6.79 Å². The molecule has 6 heteroatoms. The maximum Gasteiger partial charge on any atom is 0.271 e. The molecule has 0 atom stereocenters. The average Bonchev–Trinajstić information content (AvgIpc) is 3.17. The van der Waals surface area contributed by atoms with Gasteiger partial charge >= 0.3 is 0 Å². The van der Waals surface area contributed by atoms with Gasteiger partial charge in [0.25, 0.3) is 5.91 Å². The Balaban J connectivity index is 1.56. The van der Waals surface area contributed by atoms with Gasteiger partial charge in [-0.3, -0.25) is 4.79 Å². The quantitative estimate of drug-likeness (QED) is 0.691. The van der Waals surface area contributed by atoms with E-state index >= 15 is 0 Å². The van der Waals surface area contributed by atoms with E-state index < -0.39 is 0 Å². The lowest BCUT2D eigenvalue weighted by atomic mass is 10.2. The predicted molar refractivity (Wildman–Crippen MR) is 76.3 cm³/mol. The molecule has 2 aromatic rings. The second-order valence-electron chi connectivity index (χ2n) is 4.16. The average molecular weight is 284 g/mol. The summed E-state index contributed by atoms with van der Waals surface area (Å²) in [5.41, 5.74) is 2.87. The van der Waals surface area contributed by atoms with E-state index in [0.717, 1.165) is 0 Å². The van der Waals surface area contributed by atoms with Crippen LogP contribution in [0.5, 0.6) is 11.5 Å². The maximum absolute atomic E-state index is 11.9. The van der Waals surface area contributed by atoms with Crippen LogP contribution in [0.15, 0.2) is 52.2 Å². The highest BCUT2D eigenvalue weighted by Crippen LogP contribution is 2.32. The Morgan fingerprint density at radius 1 is 1.24 bits per heavy atom. The highest BCUT2D eigenvalue weighted by Gasteiger charge is 2.15. The van der Waals surface area contributed by atoms with Crippen molar-refractivity contribution in [3.63, 3.8) is 0 Å². The van der Waals surface area contributed by atoms with Gasteiger partial charge < -0.3 is 13.9 Å². The van der Waals surface area contributed by atoms with Gasteiger partial charge in [0, 0.05) is 11.8 Å². The summed E-state index contributed by atoms with van der Waals surface area (Å²) in [7, 11) is 0. The third-order valence-corrected chi connectivity index (χ3v) is 2.77. The van der Waals surface area contributed by atoms with E-state index in [4.69, 9.17) is 13.9 Å². The first kappa shape index (κ1) is 13.0. The maximum atomic E-state index is 11.9. The molecule has 3 rings (SSSR count). The van der Waals surface area contributed by atoms with Crippen molar-refractivity contribution in [1.29, 1.82) is 0 Å². The smallest absolute Gasteiger partial charge is 0.271 e. The van der Waals surface area contributed by atoms with Crippen LogP contribution in [0.2, 0.25) is 0 Å². The van der Waals surface area contributed by atoms with Gasteiger partial charge in [-0.25, -0.2) is 5.43 Å². The SMILES string of the molecule is O=C(NN=C/C=C\c1ccco1)c1ccc2c(c1)OCO2. The molecule has 0 fully saturated rings. The van der Waals surface area contributed by atoms with Crippen molar-refractivity contribution in [1.82, 2.24) is 5.43 Å². The number of benzene rings is 1. The molecule has 6 nitrogen and oxygen atoms in total. The van der Waals surface area contributed by atoms with Crippen molar-refractivity contribution >= 4 is 18.2 Å². The highest BCUT2D eigenvalue weighted by atomic mass is 16.7. The van der Waals surface area contributed by atoms with Crippen molar-refractivity contribution in [2.24, 2.45) is 5.10 Å². The van der Waals surface area contributed by atoms with E-state index in [1.165, 1.54) is 6.21 Å². The van der Waals surface area contributed by atoms with Gasteiger partial charge in [0.15, 0.2) is 11.5 Å². The minimum Gasteiger partial charge on any atom is -0.465 e. The second-order valence-corrected chi connectivity index (χ2v) is 4.16. The molecule has 106 valence electrons. The molecule has 21 heavy (non-hydrogen) atoms. The van der Waals surface area contributed by atoms with Crippen LogP contribution < -0.4 is 14.9 Å². The standard InChI is InChI=1S/C15H12N2O4/c18-15(11-5-6-13-14(9-11)21-10-20-13)17-16-7-1-3-12-4-2-8-19-12/h1-9H,10H2,(H,17,18)/b3-1-,16-7?. The van der Waals surface area contributed by atoms with Crippen molar-refractivity contribution < 1.29 is 18.7 Å². The summed E-state index contributed by atoms with van der Waals surface area (Å²) in [6.07, 6.45) is 6.45. The lowest BCUT2D eigenvalue weighted by Gasteiger charge is -2.01. The summed E-state index contributed by atoms with van der Waals surface area (Å²) in [5.74, 6) is 1.58. The van der Waals surface area contributed by atoms with Gasteiger partial charge in [-0.1, -0.05) is 0 Å². The van der Waals surface area contributed by atoms with E-state index in [1.54, 1.807) is 42.7 Å². The van der Waals surface area contributed by atoms with E-state index in [9.17, 15) is 4.79 Å². The minimum atomic E-state index is -0.323. The van der Waals surface area contributed by atoms with Crippen LogP contribution in [0.1, 0.15) is 16.1 Å². The number of hydrogen-bond acceptors (Lipinski definition) is 5. The van der Waals surface area contributed by atoms with Gasteiger partial charge in [-0.05, 0) is 42.5 Å². The number of ether oxygens (including phenoxy) is 2. The molecule has 1 aliphatic rings. The fourth-order valence-corrected chi connectivity index (χ4v) is 1.77.